The molecule has 0 aliphatic rings. The van der Waals surface area contributed by atoms with Crippen LogP contribution in [0.4, 0.5) is 0 Å². The van der Waals surface area contributed by atoms with Crippen LogP contribution in [0.2, 0.25) is 0 Å². The van der Waals surface area contributed by atoms with E-state index >= 15 is 0 Å². The maximum absolute atomic E-state index is 6.06. The van der Waals surface area contributed by atoms with Crippen LogP contribution in [0.3, 0.4) is 0 Å². The molecule has 2 N–H and O–H groups in total. The summed E-state index contributed by atoms with van der Waals surface area (Å²) in [6.07, 6.45) is 3.56. The molecule has 19 heavy (non-hydrogen) atoms. The lowest BCUT2D eigenvalue weighted by Gasteiger charge is -2.13. The third-order valence-corrected chi connectivity index (χ3v) is 4.43. The van der Waals surface area contributed by atoms with Gasteiger partial charge in [0.2, 0.25) is 0 Å². The number of nitrogens with two attached hydrogens (primary N) is 1. The van der Waals surface area contributed by atoms with Crippen molar-refractivity contribution >= 4 is 15.9 Å². The van der Waals surface area contributed by atoms with E-state index in [-0.39, 0.29) is 6.04 Å². The summed E-state index contributed by atoms with van der Waals surface area (Å²) in [6.45, 7) is 6.11. The summed E-state index contributed by atoms with van der Waals surface area (Å²) in [5, 5.41) is 4.54. The number of aryl methyl sites for hydroxylation is 1. The van der Waals surface area contributed by atoms with Gasteiger partial charge in [-0.2, -0.15) is 5.10 Å². The minimum atomic E-state index is 0.156. The molecule has 1 atom stereocenters. The van der Waals surface area contributed by atoms with Crippen molar-refractivity contribution < 1.29 is 0 Å². The van der Waals surface area contributed by atoms with Gasteiger partial charge in [0.05, 0.1) is 15.9 Å². The molecule has 102 valence electrons. The topological polar surface area (TPSA) is 56.7 Å². The van der Waals surface area contributed by atoms with Crippen molar-refractivity contribution in [3.63, 3.8) is 0 Å². The van der Waals surface area contributed by atoms with E-state index in [1.54, 1.807) is 6.20 Å². The van der Waals surface area contributed by atoms with Gasteiger partial charge in [0, 0.05) is 12.2 Å². The van der Waals surface area contributed by atoms with Gasteiger partial charge in [-0.3, -0.25) is 0 Å². The molecule has 0 amide bonds. The monoisotopic (exact) mass is 322 g/mol. The van der Waals surface area contributed by atoms with Gasteiger partial charge in [0.1, 0.15) is 0 Å². The molecule has 0 radical (unpaired) electrons. The second-order valence-electron chi connectivity index (χ2n) is 4.76. The van der Waals surface area contributed by atoms with Gasteiger partial charge >= 0.3 is 0 Å². The number of hydrogen-bond acceptors (Lipinski definition) is 3. The SMILES string of the molecule is CCC(N)Cc1cccnc1-n1nc(C)c(Br)c1C. The van der Waals surface area contributed by atoms with E-state index < -0.39 is 0 Å². The van der Waals surface area contributed by atoms with Crippen LogP contribution in [0, 0.1) is 13.8 Å². The Hall–Kier alpha value is -1.20. The lowest BCUT2D eigenvalue weighted by atomic mass is 10.1. The van der Waals surface area contributed by atoms with E-state index in [0.29, 0.717) is 0 Å². The fourth-order valence-electron chi connectivity index (χ4n) is 2.04. The predicted molar refractivity (Wildman–Crippen MR) is 80.5 cm³/mol. The van der Waals surface area contributed by atoms with Crippen LogP contribution in [-0.2, 0) is 6.42 Å². The average molecular weight is 323 g/mol. The van der Waals surface area contributed by atoms with Crippen molar-refractivity contribution in [1.29, 1.82) is 0 Å². The van der Waals surface area contributed by atoms with E-state index in [1.807, 2.05) is 24.6 Å². The lowest BCUT2D eigenvalue weighted by molar-refractivity contribution is 0.638. The van der Waals surface area contributed by atoms with Gasteiger partial charge in [0.25, 0.3) is 0 Å². The molecular weight excluding hydrogens is 304 g/mol. The van der Waals surface area contributed by atoms with Crippen LogP contribution in [-0.4, -0.2) is 20.8 Å². The van der Waals surface area contributed by atoms with Crippen molar-refractivity contribution in [3.05, 3.63) is 39.8 Å². The molecule has 5 heteroatoms. The van der Waals surface area contributed by atoms with E-state index in [9.17, 15) is 0 Å². The zero-order valence-electron chi connectivity index (χ0n) is 11.5. The number of aromatic nitrogens is 3. The van der Waals surface area contributed by atoms with Gasteiger partial charge in [0.15, 0.2) is 5.82 Å². The maximum atomic E-state index is 6.06. The first kappa shape index (κ1) is 14.2. The smallest absolute Gasteiger partial charge is 0.156 e. The van der Waals surface area contributed by atoms with Crippen molar-refractivity contribution in [2.24, 2.45) is 5.73 Å². The molecule has 0 aliphatic heterocycles. The highest BCUT2D eigenvalue weighted by Crippen LogP contribution is 2.24. The normalized spacial score (nSPS) is 12.7. The largest absolute Gasteiger partial charge is 0.327 e. The fourth-order valence-corrected chi connectivity index (χ4v) is 2.28. The highest BCUT2D eigenvalue weighted by atomic mass is 79.9. The Bertz CT molecular complexity index is 577. The fraction of sp³-hybridized carbons (Fsp3) is 0.429. The minimum Gasteiger partial charge on any atom is -0.327 e. The highest BCUT2D eigenvalue weighted by Gasteiger charge is 2.15. The zero-order chi connectivity index (χ0) is 14.0. The Labute approximate surface area is 122 Å². The van der Waals surface area contributed by atoms with Crippen molar-refractivity contribution in [2.75, 3.05) is 0 Å². The molecule has 0 aromatic carbocycles. The molecule has 2 aromatic heterocycles. The molecule has 4 nitrogen and oxygen atoms in total. The number of nitrogens with zero attached hydrogens (tertiary/aromatic N) is 3. The summed E-state index contributed by atoms with van der Waals surface area (Å²) in [6, 6.07) is 4.17. The molecule has 2 heterocycles. The van der Waals surface area contributed by atoms with Gasteiger partial charge < -0.3 is 5.73 Å². The second kappa shape index (κ2) is 5.84. The molecule has 0 spiro atoms. The zero-order valence-corrected chi connectivity index (χ0v) is 13.1. The number of rotatable bonds is 4. The van der Waals surface area contributed by atoms with Gasteiger partial charge in [-0.15, -0.1) is 0 Å². The number of hydrogen-bond donors (Lipinski definition) is 1. The summed E-state index contributed by atoms with van der Waals surface area (Å²) in [5.74, 6) is 0.873. The standard InChI is InChI=1S/C14H19BrN4/c1-4-12(16)8-11-6-5-7-17-14(11)19-10(3)13(15)9(2)18-19/h5-7,12H,4,8,16H2,1-3H3. The third-order valence-electron chi connectivity index (χ3n) is 3.28. The molecule has 2 aromatic rings. The molecule has 0 fully saturated rings. The summed E-state index contributed by atoms with van der Waals surface area (Å²) >= 11 is 3.55. The first-order valence-corrected chi connectivity index (χ1v) is 7.25. The van der Waals surface area contributed by atoms with E-state index in [1.165, 1.54) is 0 Å². The molecule has 0 aliphatic carbocycles. The predicted octanol–water partition coefficient (Wildman–Crippen LogP) is 2.93. The average Bonchev–Trinajstić information content (AvgIpc) is 2.67. The van der Waals surface area contributed by atoms with Gasteiger partial charge in [-0.25, -0.2) is 9.67 Å². The summed E-state index contributed by atoms with van der Waals surface area (Å²) in [4.78, 5) is 4.48. The highest BCUT2D eigenvalue weighted by molar-refractivity contribution is 9.10. The van der Waals surface area contributed by atoms with Crippen LogP contribution in [0.25, 0.3) is 5.82 Å². The molecule has 2 rings (SSSR count). The number of halogens is 1. The van der Waals surface area contributed by atoms with Crippen LogP contribution in [0.5, 0.6) is 0 Å². The second-order valence-corrected chi connectivity index (χ2v) is 5.55. The van der Waals surface area contributed by atoms with Crippen LogP contribution >= 0.6 is 15.9 Å². The molecule has 0 saturated carbocycles. The quantitative estimate of drug-likeness (QED) is 0.941. The molecule has 0 saturated heterocycles. The van der Waals surface area contributed by atoms with Crippen LogP contribution < -0.4 is 5.73 Å². The first-order valence-electron chi connectivity index (χ1n) is 6.46. The van der Waals surface area contributed by atoms with Gasteiger partial charge in [-0.1, -0.05) is 13.0 Å². The Morgan fingerprint density at radius 2 is 2.16 bits per heavy atom. The summed E-state index contributed by atoms with van der Waals surface area (Å²) in [5.41, 5.74) is 9.22. The Balaban J connectivity index is 2.47. The van der Waals surface area contributed by atoms with Crippen molar-refractivity contribution in [3.8, 4) is 5.82 Å². The first-order chi connectivity index (χ1) is 9.04. The molecule has 0 bridgehead atoms. The minimum absolute atomic E-state index is 0.156. The van der Waals surface area contributed by atoms with E-state index in [2.05, 4.69) is 39.0 Å². The molecule has 1 unspecified atom stereocenters. The van der Waals surface area contributed by atoms with Gasteiger partial charge in [-0.05, 0) is 54.2 Å². The third kappa shape index (κ3) is 2.87. The Morgan fingerprint density at radius 1 is 1.42 bits per heavy atom. The van der Waals surface area contributed by atoms with E-state index in [4.69, 9.17) is 5.73 Å². The van der Waals surface area contributed by atoms with Crippen LogP contribution in [0.15, 0.2) is 22.8 Å². The Kier molecular flexibility index (Phi) is 4.37. The lowest BCUT2D eigenvalue weighted by Crippen LogP contribution is -2.22. The van der Waals surface area contributed by atoms with Crippen LogP contribution in [0.1, 0.15) is 30.3 Å². The summed E-state index contributed by atoms with van der Waals surface area (Å²) < 4.78 is 2.92. The number of pyridine rings is 1. The maximum Gasteiger partial charge on any atom is 0.156 e. The van der Waals surface area contributed by atoms with Crippen molar-refractivity contribution in [1.82, 2.24) is 14.8 Å². The molecular formula is C14H19BrN4. The van der Waals surface area contributed by atoms with Crippen molar-refractivity contribution in [2.45, 2.75) is 39.7 Å². The van der Waals surface area contributed by atoms with E-state index in [0.717, 1.165) is 40.1 Å². The Morgan fingerprint density at radius 3 is 2.74 bits per heavy atom. The summed E-state index contributed by atoms with van der Waals surface area (Å²) in [7, 11) is 0.